The molecular formula is C20H24ClN3OS. The van der Waals surface area contributed by atoms with E-state index in [1.807, 2.05) is 36.4 Å². The van der Waals surface area contributed by atoms with E-state index in [0.29, 0.717) is 10.8 Å². The van der Waals surface area contributed by atoms with Gasteiger partial charge < -0.3 is 15.1 Å². The third kappa shape index (κ3) is 5.16. The zero-order valence-electron chi connectivity index (χ0n) is 15.0. The summed E-state index contributed by atoms with van der Waals surface area (Å²) in [5.41, 5.74) is 2.04. The second kappa shape index (κ2) is 9.31. The van der Waals surface area contributed by atoms with E-state index in [9.17, 15) is 4.79 Å². The van der Waals surface area contributed by atoms with Crippen LogP contribution in [0, 0.1) is 0 Å². The van der Waals surface area contributed by atoms with Gasteiger partial charge in [-0.15, -0.1) is 11.8 Å². The van der Waals surface area contributed by atoms with E-state index < -0.39 is 0 Å². The van der Waals surface area contributed by atoms with Crippen LogP contribution in [-0.4, -0.2) is 49.3 Å². The summed E-state index contributed by atoms with van der Waals surface area (Å²) in [6.45, 7) is 7.63. The second-order valence-electron chi connectivity index (χ2n) is 6.24. The highest BCUT2D eigenvalue weighted by molar-refractivity contribution is 8.00. The molecule has 1 N–H and O–H groups in total. The first kappa shape index (κ1) is 19.1. The third-order valence-corrected chi connectivity index (χ3v) is 6.05. The largest absolute Gasteiger partial charge is 0.369 e. The van der Waals surface area contributed by atoms with Gasteiger partial charge >= 0.3 is 0 Å². The average Bonchev–Trinajstić information content (AvgIpc) is 2.68. The molecule has 0 aromatic heterocycles. The van der Waals surface area contributed by atoms with Gasteiger partial charge in [-0.1, -0.05) is 30.7 Å². The van der Waals surface area contributed by atoms with Crippen LogP contribution in [0.5, 0.6) is 0 Å². The molecule has 1 saturated heterocycles. The first-order chi connectivity index (χ1) is 12.7. The van der Waals surface area contributed by atoms with Crippen LogP contribution in [-0.2, 0) is 4.79 Å². The van der Waals surface area contributed by atoms with E-state index in [0.717, 1.165) is 43.3 Å². The molecule has 0 radical (unpaired) electrons. The lowest BCUT2D eigenvalue weighted by Crippen LogP contribution is -2.46. The molecule has 138 valence electrons. The number of rotatable bonds is 6. The highest BCUT2D eigenvalue weighted by Crippen LogP contribution is 2.26. The minimum atomic E-state index is -0.0285. The van der Waals surface area contributed by atoms with Crippen molar-refractivity contribution in [2.45, 2.75) is 11.8 Å². The Kier molecular flexibility index (Phi) is 6.83. The Bertz CT molecular complexity index is 730. The van der Waals surface area contributed by atoms with Gasteiger partial charge in [0.1, 0.15) is 0 Å². The molecule has 6 heteroatoms. The van der Waals surface area contributed by atoms with Crippen molar-refractivity contribution in [1.29, 1.82) is 0 Å². The van der Waals surface area contributed by atoms with Crippen molar-refractivity contribution in [3.05, 3.63) is 53.6 Å². The Morgan fingerprint density at radius 3 is 2.42 bits per heavy atom. The fourth-order valence-corrected chi connectivity index (χ4v) is 4.02. The van der Waals surface area contributed by atoms with Gasteiger partial charge in [0.2, 0.25) is 5.91 Å². The number of hydrogen-bond acceptors (Lipinski definition) is 4. The normalized spacial score (nSPS) is 15.1. The fourth-order valence-electron chi connectivity index (χ4n) is 2.98. The van der Waals surface area contributed by atoms with Crippen molar-refractivity contribution < 1.29 is 4.79 Å². The summed E-state index contributed by atoms with van der Waals surface area (Å²) in [7, 11) is 0. The molecule has 1 aliphatic rings. The number of carbonyl (C=O) groups excluding carboxylic acids is 1. The maximum absolute atomic E-state index is 12.2. The predicted molar refractivity (Wildman–Crippen MR) is 112 cm³/mol. The van der Waals surface area contributed by atoms with Crippen molar-refractivity contribution in [3.63, 3.8) is 0 Å². The van der Waals surface area contributed by atoms with E-state index in [2.05, 4.69) is 34.2 Å². The number of piperazine rings is 1. The second-order valence-corrected chi connectivity index (χ2v) is 7.66. The number of halogens is 1. The van der Waals surface area contributed by atoms with Gasteiger partial charge in [0.15, 0.2) is 0 Å². The number of thioether (sulfide) groups is 1. The Balaban J connectivity index is 1.49. The number of anilines is 2. The van der Waals surface area contributed by atoms with E-state index >= 15 is 0 Å². The quantitative estimate of drug-likeness (QED) is 0.750. The Morgan fingerprint density at radius 1 is 1.08 bits per heavy atom. The molecule has 26 heavy (non-hydrogen) atoms. The van der Waals surface area contributed by atoms with Gasteiger partial charge in [0.05, 0.1) is 10.8 Å². The molecule has 0 atom stereocenters. The highest BCUT2D eigenvalue weighted by atomic mass is 35.5. The summed E-state index contributed by atoms with van der Waals surface area (Å²) in [5, 5.41) is 3.63. The summed E-state index contributed by atoms with van der Waals surface area (Å²) >= 11 is 7.56. The molecule has 1 heterocycles. The molecule has 2 aromatic carbocycles. The lowest BCUT2D eigenvalue weighted by molar-refractivity contribution is -0.113. The number of nitrogens with zero attached hydrogens (tertiary/aromatic N) is 2. The molecule has 0 bridgehead atoms. The topological polar surface area (TPSA) is 35.6 Å². The zero-order chi connectivity index (χ0) is 18.4. The smallest absolute Gasteiger partial charge is 0.234 e. The number of likely N-dealkylation sites (N-methyl/N-ethyl adjacent to an activating group) is 1. The van der Waals surface area contributed by atoms with Crippen LogP contribution in [0.3, 0.4) is 0 Å². The van der Waals surface area contributed by atoms with Gasteiger partial charge in [-0.25, -0.2) is 0 Å². The van der Waals surface area contributed by atoms with Crippen molar-refractivity contribution in [2.75, 3.05) is 48.7 Å². The van der Waals surface area contributed by atoms with Crippen LogP contribution in [0.4, 0.5) is 11.4 Å². The summed E-state index contributed by atoms with van der Waals surface area (Å²) in [4.78, 5) is 17.9. The van der Waals surface area contributed by atoms with E-state index in [4.69, 9.17) is 11.6 Å². The van der Waals surface area contributed by atoms with Crippen LogP contribution < -0.4 is 10.2 Å². The van der Waals surface area contributed by atoms with Crippen LogP contribution in [0.15, 0.2) is 53.4 Å². The van der Waals surface area contributed by atoms with Gasteiger partial charge in [-0.3, -0.25) is 4.79 Å². The molecule has 2 aromatic rings. The molecule has 0 saturated carbocycles. The number of benzene rings is 2. The van der Waals surface area contributed by atoms with Crippen LogP contribution >= 0.6 is 23.4 Å². The van der Waals surface area contributed by atoms with E-state index in [-0.39, 0.29) is 5.91 Å². The molecule has 1 fully saturated rings. The predicted octanol–water partition coefficient (Wildman–Crippen LogP) is 4.21. The van der Waals surface area contributed by atoms with Crippen molar-refractivity contribution in [1.82, 2.24) is 4.90 Å². The summed E-state index contributed by atoms with van der Waals surface area (Å²) in [5.74, 6) is 0.309. The number of hydrogen-bond donors (Lipinski definition) is 1. The first-order valence-corrected chi connectivity index (χ1v) is 10.3. The van der Waals surface area contributed by atoms with Crippen LogP contribution in [0.1, 0.15) is 6.92 Å². The summed E-state index contributed by atoms with van der Waals surface area (Å²) in [6, 6.07) is 15.7. The molecular weight excluding hydrogens is 366 g/mol. The van der Waals surface area contributed by atoms with Gasteiger partial charge in [0.25, 0.3) is 0 Å². The van der Waals surface area contributed by atoms with Crippen molar-refractivity contribution in [2.24, 2.45) is 0 Å². The Labute approximate surface area is 164 Å². The molecule has 0 spiro atoms. The lowest BCUT2D eigenvalue weighted by Gasteiger charge is -2.35. The summed E-state index contributed by atoms with van der Waals surface area (Å²) in [6.07, 6.45) is 0. The average molecular weight is 390 g/mol. The maximum Gasteiger partial charge on any atom is 0.234 e. The lowest BCUT2D eigenvalue weighted by atomic mass is 10.2. The molecule has 0 aliphatic carbocycles. The van der Waals surface area contributed by atoms with E-state index in [1.165, 1.54) is 17.4 Å². The number of carbonyl (C=O) groups is 1. The number of nitrogens with one attached hydrogen (secondary N) is 1. The third-order valence-electron chi connectivity index (χ3n) is 4.53. The summed E-state index contributed by atoms with van der Waals surface area (Å²) < 4.78 is 0. The molecule has 0 unspecified atom stereocenters. The van der Waals surface area contributed by atoms with Crippen molar-refractivity contribution in [3.8, 4) is 0 Å². The first-order valence-electron chi connectivity index (χ1n) is 8.90. The van der Waals surface area contributed by atoms with Crippen LogP contribution in [0.2, 0.25) is 5.02 Å². The van der Waals surface area contributed by atoms with Gasteiger partial charge in [0, 0.05) is 42.4 Å². The van der Waals surface area contributed by atoms with Gasteiger partial charge in [-0.2, -0.15) is 0 Å². The fraction of sp³-hybridized carbons (Fsp3) is 0.350. The molecule has 1 aliphatic heterocycles. The van der Waals surface area contributed by atoms with Crippen LogP contribution in [0.25, 0.3) is 0 Å². The molecule has 3 rings (SSSR count). The molecule has 4 nitrogen and oxygen atoms in total. The number of amides is 1. The molecule has 1 amide bonds. The minimum Gasteiger partial charge on any atom is -0.369 e. The highest BCUT2D eigenvalue weighted by Gasteiger charge is 2.15. The minimum absolute atomic E-state index is 0.0285. The SMILES string of the molecule is CCN1CCN(c2ccc(NC(=O)CSc3ccccc3Cl)cc2)CC1. The van der Waals surface area contributed by atoms with E-state index in [1.54, 1.807) is 0 Å². The maximum atomic E-state index is 12.2. The van der Waals surface area contributed by atoms with Crippen molar-refractivity contribution >= 4 is 40.6 Å². The Morgan fingerprint density at radius 2 is 1.77 bits per heavy atom. The standard InChI is InChI=1S/C20H24ClN3OS/c1-2-23-11-13-24(14-12-23)17-9-7-16(8-10-17)22-20(25)15-26-19-6-4-3-5-18(19)21/h3-10H,2,11-15H2,1H3,(H,22,25). The van der Waals surface area contributed by atoms with Gasteiger partial charge in [-0.05, 0) is 42.9 Å². The Hall–Kier alpha value is -1.69. The zero-order valence-corrected chi connectivity index (χ0v) is 16.5. The monoisotopic (exact) mass is 389 g/mol.